The average molecular weight is 314 g/mol. The summed E-state index contributed by atoms with van der Waals surface area (Å²) in [7, 11) is 0. The minimum absolute atomic E-state index is 0.0880. The molecule has 1 rings (SSSR count). The second-order valence-corrected chi connectivity index (χ2v) is 4.60. The minimum atomic E-state index is -0.833. The van der Waals surface area contributed by atoms with E-state index >= 15 is 0 Å². The van der Waals surface area contributed by atoms with Gasteiger partial charge in [0, 0.05) is 19.4 Å². The Balaban J connectivity index is 0. The van der Waals surface area contributed by atoms with Crippen molar-refractivity contribution in [3.05, 3.63) is 24.3 Å². The van der Waals surface area contributed by atoms with Gasteiger partial charge in [0.15, 0.2) is 0 Å². The third-order valence-corrected chi connectivity index (χ3v) is 2.32. The van der Waals surface area contributed by atoms with Gasteiger partial charge in [0.05, 0.1) is 0 Å². The molecule has 6 nitrogen and oxygen atoms in total. The topological polar surface area (TPSA) is 115 Å². The molecule has 4 N–H and O–H groups in total. The van der Waals surface area contributed by atoms with E-state index < -0.39 is 11.9 Å². The van der Waals surface area contributed by atoms with E-state index in [1.807, 2.05) is 0 Å². The predicted octanol–water partition coefficient (Wildman–Crippen LogP) is 3.62. The summed E-state index contributed by atoms with van der Waals surface area (Å²) in [6.07, 6.45) is 5.88. The van der Waals surface area contributed by atoms with Crippen LogP contribution in [-0.2, 0) is 9.59 Å². The molecule has 0 spiro atoms. The van der Waals surface area contributed by atoms with E-state index in [0.29, 0.717) is 6.42 Å². The van der Waals surface area contributed by atoms with Crippen molar-refractivity contribution in [3.8, 4) is 11.5 Å². The van der Waals surface area contributed by atoms with Crippen LogP contribution in [0, 0.1) is 0 Å². The largest absolute Gasteiger partial charge is 0.508 e. The molecule has 0 radical (unpaired) electrons. The first-order valence-corrected chi connectivity index (χ1v) is 7.18. The minimum Gasteiger partial charge on any atom is -0.508 e. The number of hydrogen-bond acceptors (Lipinski definition) is 4. The zero-order chi connectivity index (χ0) is 17.4. The fourth-order valence-corrected chi connectivity index (χ4v) is 1.37. The number of phenolic OH excluding ortho intramolecular Hbond substituents is 2. The summed E-state index contributed by atoms with van der Waals surface area (Å²) in [4.78, 5) is 19.0. The van der Waals surface area contributed by atoms with Crippen molar-refractivity contribution in [3.63, 3.8) is 0 Å². The normalized spacial score (nSPS) is 8.82. The summed E-state index contributed by atoms with van der Waals surface area (Å²) < 4.78 is 0. The van der Waals surface area contributed by atoms with Crippen LogP contribution < -0.4 is 0 Å². The second-order valence-electron chi connectivity index (χ2n) is 4.60. The number of carboxylic acids is 2. The van der Waals surface area contributed by atoms with Crippen LogP contribution in [0.2, 0.25) is 0 Å². The quantitative estimate of drug-likeness (QED) is 0.596. The van der Waals surface area contributed by atoms with Crippen LogP contribution >= 0.6 is 0 Å². The second kappa shape index (κ2) is 15.2. The zero-order valence-electron chi connectivity index (χ0n) is 13.2. The lowest BCUT2D eigenvalue weighted by molar-refractivity contribution is -0.137. The van der Waals surface area contributed by atoms with Gasteiger partial charge in [-0.2, -0.15) is 0 Å². The lowest BCUT2D eigenvalue weighted by Gasteiger charge is -1.95. The molecule has 0 saturated heterocycles. The number of phenols is 2. The van der Waals surface area contributed by atoms with E-state index in [1.54, 1.807) is 6.07 Å². The Morgan fingerprint density at radius 3 is 1.73 bits per heavy atom. The fraction of sp³-hybridized carbons (Fsp3) is 0.500. The Morgan fingerprint density at radius 2 is 1.41 bits per heavy atom. The third-order valence-electron chi connectivity index (χ3n) is 2.32. The number of aliphatic carboxylic acids is 2. The Kier molecular flexibility index (Phi) is 15.2. The predicted molar refractivity (Wildman–Crippen MR) is 84.1 cm³/mol. The number of carbonyl (C=O) groups is 2. The summed E-state index contributed by atoms with van der Waals surface area (Å²) >= 11 is 0. The van der Waals surface area contributed by atoms with Gasteiger partial charge in [-0.15, -0.1) is 0 Å². The molecule has 0 aromatic heterocycles. The fourth-order valence-electron chi connectivity index (χ4n) is 1.37. The number of hydrogen-bond donors (Lipinski definition) is 4. The van der Waals surface area contributed by atoms with Gasteiger partial charge in [0.1, 0.15) is 11.5 Å². The molecular formula is C16H26O6. The molecule has 0 aliphatic heterocycles. The van der Waals surface area contributed by atoms with Crippen molar-refractivity contribution in [1.82, 2.24) is 0 Å². The number of aromatic hydroxyl groups is 2. The van der Waals surface area contributed by atoms with Crippen LogP contribution in [0.1, 0.15) is 52.4 Å². The first-order valence-electron chi connectivity index (χ1n) is 7.18. The summed E-state index contributed by atoms with van der Waals surface area (Å²) in [6.45, 7) is 3.23. The van der Waals surface area contributed by atoms with Crippen molar-refractivity contribution >= 4 is 11.9 Å². The number of benzene rings is 1. The van der Waals surface area contributed by atoms with Crippen LogP contribution in [0.15, 0.2) is 24.3 Å². The maximum Gasteiger partial charge on any atom is 0.303 e. The molecule has 0 heterocycles. The Morgan fingerprint density at radius 1 is 0.955 bits per heavy atom. The molecule has 0 atom stereocenters. The molecule has 1 aromatic rings. The highest BCUT2D eigenvalue weighted by molar-refractivity contribution is 5.66. The highest BCUT2D eigenvalue weighted by atomic mass is 16.4. The van der Waals surface area contributed by atoms with Crippen LogP contribution in [0.5, 0.6) is 11.5 Å². The lowest BCUT2D eigenvalue weighted by Crippen LogP contribution is -1.93. The average Bonchev–Trinajstić information content (AvgIpc) is 2.38. The summed E-state index contributed by atoms with van der Waals surface area (Å²) in [5.41, 5.74) is 0. The van der Waals surface area contributed by atoms with Gasteiger partial charge in [-0.1, -0.05) is 38.7 Å². The Labute approximate surface area is 131 Å². The van der Waals surface area contributed by atoms with Gasteiger partial charge in [-0.25, -0.2) is 0 Å². The van der Waals surface area contributed by atoms with Gasteiger partial charge in [0.25, 0.3) is 5.97 Å². The molecule has 0 amide bonds. The smallest absolute Gasteiger partial charge is 0.303 e. The molecular weight excluding hydrogens is 288 g/mol. The molecule has 0 bridgehead atoms. The van der Waals surface area contributed by atoms with Gasteiger partial charge < -0.3 is 20.4 Å². The molecule has 6 heteroatoms. The molecule has 0 unspecified atom stereocenters. The lowest BCUT2D eigenvalue weighted by atomic mass is 10.1. The summed E-state index contributed by atoms with van der Waals surface area (Å²) in [5.74, 6) is -1.33. The van der Waals surface area contributed by atoms with E-state index in [0.717, 1.165) is 19.8 Å². The SMILES string of the molecule is CC(=O)O.CCCCCCCC(=O)O.Oc1cccc(O)c1. The van der Waals surface area contributed by atoms with E-state index in [4.69, 9.17) is 25.2 Å². The standard InChI is InChI=1S/C8H16O2.C6H6O2.C2H4O2/c1-2-3-4-5-6-7-8(9)10;7-5-2-1-3-6(8)4-5;1-2(3)4/h2-7H2,1H3,(H,9,10);1-4,7-8H;1H3,(H,3,4). The van der Waals surface area contributed by atoms with Crippen molar-refractivity contribution in [2.45, 2.75) is 52.4 Å². The van der Waals surface area contributed by atoms with E-state index in [-0.39, 0.29) is 11.5 Å². The Hall–Kier alpha value is -2.24. The van der Waals surface area contributed by atoms with Crippen molar-refractivity contribution in [2.75, 3.05) is 0 Å². The molecule has 0 saturated carbocycles. The maximum absolute atomic E-state index is 10.0. The monoisotopic (exact) mass is 314 g/mol. The molecule has 0 aliphatic rings. The van der Waals surface area contributed by atoms with Gasteiger partial charge in [-0.05, 0) is 18.6 Å². The molecule has 126 valence electrons. The van der Waals surface area contributed by atoms with Crippen molar-refractivity contribution in [1.29, 1.82) is 0 Å². The van der Waals surface area contributed by atoms with Crippen LogP contribution in [0.3, 0.4) is 0 Å². The number of carboxylic acid groups (broad SMARTS) is 2. The van der Waals surface area contributed by atoms with Crippen LogP contribution in [0.25, 0.3) is 0 Å². The van der Waals surface area contributed by atoms with E-state index in [2.05, 4.69) is 6.92 Å². The summed E-state index contributed by atoms with van der Waals surface area (Å²) in [5, 5.41) is 33.0. The highest BCUT2D eigenvalue weighted by Crippen LogP contribution is 2.14. The molecule has 0 fully saturated rings. The number of rotatable bonds is 6. The van der Waals surface area contributed by atoms with Gasteiger partial charge in [-0.3, -0.25) is 9.59 Å². The molecule has 1 aromatic carbocycles. The van der Waals surface area contributed by atoms with Crippen LogP contribution in [-0.4, -0.2) is 32.4 Å². The number of unbranched alkanes of at least 4 members (excludes halogenated alkanes) is 4. The molecule has 22 heavy (non-hydrogen) atoms. The van der Waals surface area contributed by atoms with Crippen LogP contribution in [0.4, 0.5) is 0 Å². The van der Waals surface area contributed by atoms with Gasteiger partial charge in [0.2, 0.25) is 0 Å². The highest BCUT2D eigenvalue weighted by Gasteiger charge is 1.94. The first kappa shape index (κ1) is 22.0. The van der Waals surface area contributed by atoms with Crippen molar-refractivity contribution in [2.24, 2.45) is 0 Å². The zero-order valence-corrected chi connectivity index (χ0v) is 13.2. The Bertz CT molecular complexity index is 396. The third kappa shape index (κ3) is 22.9. The van der Waals surface area contributed by atoms with Gasteiger partial charge >= 0.3 is 5.97 Å². The maximum atomic E-state index is 10.0. The molecule has 0 aliphatic carbocycles. The van der Waals surface area contributed by atoms with E-state index in [1.165, 1.54) is 37.5 Å². The summed E-state index contributed by atoms with van der Waals surface area (Å²) in [6, 6.07) is 5.85. The van der Waals surface area contributed by atoms with E-state index in [9.17, 15) is 4.79 Å². The van der Waals surface area contributed by atoms with Crippen molar-refractivity contribution < 1.29 is 30.0 Å². The first-order chi connectivity index (χ1) is 10.3.